The molecule has 0 unspecified atom stereocenters. The molecule has 1 aliphatic heterocycles. The molecule has 14 heavy (non-hydrogen) atoms. The third-order valence-corrected chi connectivity index (χ3v) is 2.54. The van der Waals surface area contributed by atoms with Crippen molar-refractivity contribution >= 4 is 5.91 Å². The van der Waals surface area contributed by atoms with Gasteiger partial charge in [0.1, 0.15) is 0 Å². The van der Waals surface area contributed by atoms with E-state index in [1.54, 1.807) is 4.90 Å². The predicted molar refractivity (Wildman–Crippen MR) is 55.0 cm³/mol. The van der Waals surface area contributed by atoms with E-state index in [0.717, 1.165) is 29.8 Å². The summed E-state index contributed by atoms with van der Waals surface area (Å²) < 4.78 is 0. The van der Waals surface area contributed by atoms with E-state index < -0.39 is 0 Å². The first-order valence-electron chi connectivity index (χ1n) is 4.74. The molecule has 0 spiro atoms. The second kappa shape index (κ2) is 3.42. The highest BCUT2D eigenvalue weighted by molar-refractivity contribution is 5.98. The Hall–Kier alpha value is -1.35. The monoisotopic (exact) mass is 190 g/mol. The molecule has 1 aromatic rings. The first kappa shape index (κ1) is 9.21. The standard InChI is InChI=1S/C11H14N2O/c1-12-6-8-3-4-9-7-13(2)11(14)10(9)5-8/h3-5,12H,6-7H2,1-2H3. The minimum Gasteiger partial charge on any atom is -0.337 e. The highest BCUT2D eigenvalue weighted by atomic mass is 16.2. The van der Waals surface area contributed by atoms with Gasteiger partial charge in [0.2, 0.25) is 0 Å². The quantitative estimate of drug-likeness (QED) is 0.754. The molecule has 2 rings (SSSR count). The van der Waals surface area contributed by atoms with Crippen molar-refractivity contribution in [3.05, 3.63) is 34.9 Å². The fraction of sp³-hybridized carbons (Fsp3) is 0.364. The van der Waals surface area contributed by atoms with Crippen LogP contribution >= 0.6 is 0 Å². The number of rotatable bonds is 2. The zero-order valence-corrected chi connectivity index (χ0v) is 8.50. The summed E-state index contributed by atoms with van der Waals surface area (Å²) in [5, 5.41) is 3.08. The molecule has 1 amide bonds. The van der Waals surface area contributed by atoms with Crippen LogP contribution < -0.4 is 5.32 Å². The van der Waals surface area contributed by atoms with Crippen LogP contribution in [0.15, 0.2) is 18.2 Å². The zero-order valence-electron chi connectivity index (χ0n) is 8.50. The molecular weight excluding hydrogens is 176 g/mol. The van der Waals surface area contributed by atoms with Gasteiger partial charge in [0.15, 0.2) is 0 Å². The summed E-state index contributed by atoms with van der Waals surface area (Å²) >= 11 is 0. The summed E-state index contributed by atoms with van der Waals surface area (Å²) in [6, 6.07) is 6.10. The molecule has 3 heteroatoms. The molecule has 0 saturated heterocycles. The maximum atomic E-state index is 11.7. The van der Waals surface area contributed by atoms with Gasteiger partial charge < -0.3 is 10.2 Å². The SMILES string of the molecule is CNCc1ccc2c(c1)C(=O)N(C)C2. The van der Waals surface area contributed by atoms with E-state index >= 15 is 0 Å². The van der Waals surface area contributed by atoms with Crippen molar-refractivity contribution in [1.29, 1.82) is 0 Å². The highest BCUT2D eigenvalue weighted by Gasteiger charge is 2.23. The fourth-order valence-corrected chi connectivity index (χ4v) is 1.81. The van der Waals surface area contributed by atoms with E-state index in [0.29, 0.717) is 0 Å². The van der Waals surface area contributed by atoms with Gasteiger partial charge in [-0.15, -0.1) is 0 Å². The number of carbonyl (C=O) groups is 1. The molecule has 1 aliphatic rings. The molecule has 0 aromatic heterocycles. The van der Waals surface area contributed by atoms with E-state index in [2.05, 4.69) is 11.4 Å². The second-order valence-electron chi connectivity index (χ2n) is 3.68. The third-order valence-electron chi connectivity index (χ3n) is 2.54. The van der Waals surface area contributed by atoms with Gasteiger partial charge in [-0.05, 0) is 24.2 Å². The smallest absolute Gasteiger partial charge is 0.254 e. The van der Waals surface area contributed by atoms with Gasteiger partial charge in [0.25, 0.3) is 5.91 Å². The molecule has 1 N–H and O–H groups in total. The highest BCUT2D eigenvalue weighted by Crippen LogP contribution is 2.22. The maximum absolute atomic E-state index is 11.7. The van der Waals surface area contributed by atoms with Crippen LogP contribution in [0.1, 0.15) is 21.5 Å². The molecule has 0 aliphatic carbocycles. The molecule has 1 aromatic carbocycles. The maximum Gasteiger partial charge on any atom is 0.254 e. The topological polar surface area (TPSA) is 32.3 Å². The summed E-state index contributed by atoms with van der Waals surface area (Å²) in [5.41, 5.74) is 3.16. The molecule has 0 saturated carbocycles. The summed E-state index contributed by atoms with van der Waals surface area (Å²) in [6.07, 6.45) is 0. The van der Waals surface area contributed by atoms with Crippen molar-refractivity contribution in [1.82, 2.24) is 10.2 Å². The van der Waals surface area contributed by atoms with Gasteiger partial charge in [-0.3, -0.25) is 4.79 Å². The summed E-state index contributed by atoms with van der Waals surface area (Å²) in [7, 11) is 3.74. The fourth-order valence-electron chi connectivity index (χ4n) is 1.81. The normalized spacial score (nSPS) is 14.7. The van der Waals surface area contributed by atoms with Crippen LogP contribution in [0.25, 0.3) is 0 Å². The molecule has 1 heterocycles. The number of hydrogen-bond donors (Lipinski definition) is 1. The van der Waals surface area contributed by atoms with Crippen LogP contribution in [-0.4, -0.2) is 24.9 Å². The lowest BCUT2D eigenvalue weighted by atomic mass is 10.1. The minimum atomic E-state index is 0.137. The Morgan fingerprint density at radius 2 is 2.29 bits per heavy atom. The lowest BCUT2D eigenvalue weighted by Gasteiger charge is -2.04. The van der Waals surface area contributed by atoms with E-state index in [1.807, 2.05) is 26.2 Å². The number of benzene rings is 1. The van der Waals surface area contributed by atoms with Gasteiger partial charge in [0.05, 0.1) is 0 Å². The number of fused-ring (bicyclic) bond motifs is 1. The van der Waals surface area contributed by atoms with Crippen molar-refractivity contribution in [3.8, 4) is 0 Å². The number of hydrogen-bond acceptors (Lipinski definition) is 2. The van der Waals surface area contributed by atoms with Gasteiger partial charge in [-0.1, -0.05) is 12.1 Å². The lowest BCUT2D eigenvalue weighted by molar-refractivity contribution is 0.0816. The van der Waals surface area contributed by atoms with E-state index in [1.165, 1.54) is 0 Å². The van der Waals surface area contributed by atoms with E-state index in [-0.39, 0.29) is 5.91 Å². The second-order valence-corrected chi connectivity index (χ2v) is 3.68. The molecule has 3 nitrogen and oxygen atoms in total. The Kier molecular flexibility index (Phi) is 2.25. The molecule has 0 fully saturated rings. The van der Waals surface area contributed by atoms with Gasteiger partial charge in [0, 0.05) is 25.7 Å². The summed E-state index contributed by atoms with van der Waals surface area (Å²) in [5.74, 6) is 0.137. The average molecular weight is 190 g/mol. The van der Waals surface area contributed by atoms with Gasteiger partial charge >= 0.3 is 0 Å². The Labute approximate surface area is 83.7 Å². The molecule has 0 atom stereocenters. The number of amides is 1. The first-order chi connectivity index (χ1) is 6.72. The minimum absolute atomic E-state index is 0.137. The lowest BCUT2D eigenvalue weighted by Crippen LogP contribution is -2.17. The average Bonchev–Trinajstić information content (AvgIpc) is 2.45. The summed E-state index contributed by atoms with van der Waals surface area (Å²) in [4.78, 5) is 13.4. The Morgan fingerprint density at radius 3 is 3.00 bits per heavy atom. The van der Waals surface area contributed by atoms with E-state index in [9.17, 15) is 4.79 Å². The predicted octanol–water partition coefficient (Wildman–Crippen LogP) is 0.992. The van der Waals surface area contributed by atoms with Crippen molar-refractivity contribution in [2.45, 2.75) is 13.1 Å². The molecule has 74 valence electrons. The van der Waals surface area contributed by atoms with Crippen molar-refractivity contribution in [2.24, 2.45) is 0 Å². The molecular formula is C11H14N2O. The van der Waals surface area contributed by atoms with Crippen LogP contribution in [0.2, 0.25) is 0 Å². The van der Waals surface area contributed by atoms with Gasteiger partial charge in [-0.25, -0.2) is 0 Å². The third kappa shape index (κ3) is 1.40. The Balaban J connectivity index is 2.36. The van der Waals surface area contributed by atoms with Crippen molar-refractivity contribution in [2.75, 3.05) is 14.1 Å². The van der Waals surface area contributed by atoms with Crippen LogP contribution in [0.4, 0.5) is 0 Å². The first-order valence-corrected chi connectivity index (χ1v) is 4.74. The van der Waals surface area contributed by atoms with Crippen LogP contribution in [0.3, 0.4) is 0 Å². The van der Waals surface area contributed by atoms with Crippen molar-refractivity contribution in [3.63, 3.8) is 0 Å². The largest absolute Gasteiger partial charge is 0.337 e. The number of carbonyl (C=O) groups excluding carboxylic acids is 1. The van der Waals surface area contributed by atoms with Crippen LogP contribution in [0, 0.1) is 0 Å². The van der Waals surface area contributed by atoms with Crippen LogP contribution in [-0.2, 0) is 13.1 Å². The Morgan fingerprint density at radius 1 is 1.50 bits per heavy atom. The molecule has 0 radical (unpaired) electrons. The van der Waals surface area contributed by atoms with E-state index in [4.69, 9.17) is 0 Å². The van der Waals surface area contributed by atoms with Crippen LogP contribution in [0.5, 0.6) is 0 Å². The number of nitrogens with one attached hydrogen (secondary N) is 1. The molecule has 0 bridgehead atoms. The summed E-state index contributed by atoms with van der Waals surface area (Å²) in [6.45, 7) is 1.55. The number of nitrogens with zero attached hydrogens (tertiary/aromatic N) is 1. The van der Waals surface area contributed by atoms with Crippen molar-refractivity contribution < 1.29 is 4.79 Å². The Bertz CT molecular complexity index is 374. The zero-order chi connectivity index (χ0) is 10.1. The van der Waals surface area contributed by atoms with Gasteiger partial charge in [-0.2, -0.15) is 0 Å².